The van der Waals surface area contributed by atoms with Crippen molar-refractivity contribution < 1.29 is 14.6 Å². The first kappa shape index (κ1) is 15.3. The quantitative estimate of drug-likeness (QED) is 0.887. The summed E-state index contributed by atoms with van der Waals surface area (Å²) in [5.41, 5.74) is 1.25. The average Bonchev–Trinajstić information content (AvgIpc) is 2.47. The fraction of sp³-hybridized carbons (Fsp3) is 0.294. The van der Waals surface area contributed by atoms with Crippen molar-refractivity contribution in [2.45, 2.75) is 13.0 Å². The Morgan fingerprint density at radius 2 is 1.71 bits per heavy atom. The van der Waals surface area contributed by atoms with E-state index in [0.29, 0.717) is 12.1 Å². The lowest BCUT2D eigenvalue weighted by Gasteiger charge is -2.27. The number of aliphatic hydroxyl groups excluding tert-OH is 1. The van der Waals surface area contributed by atoms with Gasteiger partial charge >= 0.3 is 0 Å². The first-order valence-electron chi connectivity index (χ1n) is 6.91. The Bertz CT molecular complexity index is 586. The molecule has 2 unspecified atom stereocenters. The fourth-order valence-electron chi connectivity index (χ4n) is 2.37. The summed E-state index contributed by atoms with van der Waals surface area (Å²) in [6.45, 7) is 2.45. The maximum absolute atomic E-state index is 13.7. The van der Waals surface area contributed by atoms with Crippen LogP contribution in [0.15, 0.2) is 48.5 Å². The number of anilines is 1. The van der Waals surface area contributed by atoms with Crippen LogP contribution in [0.2, 0.25) is 0 Å². The summed E-state index contributed by atoms with van der Waals surface area (Å²) in [7, 11) is 1.90. The first-order chi connectivity index (χ1) is 9.99. The molecule has 0 amide bonds. The summed E-state index contributed by atoms with van der Waals surface area (Å²) in [5, 5.41) is 19.6. The average molecular weight is 289 g/mol. The molecular weight excluding hydrogens is 269 g/mol. The predicted molar refractivity (Wildman–Crippen MR) is 81.9 cm³/mol. The molecule has 0 aliphatic carbocycles. The van der Waals surface area contributed by atoms with Crippen molar-refractivity contribution in [3.05, 3.63) is 59.9 Å². The molecule has 0 bridgehead atoms. The minimum absolute atomic E-state index is 0.138. The van der Waals surface area contributed by atoms with Crippen LogP contribution in [0.5, 0.6) is 5.75 Å². The lowest BCUT2D eigenvalue weighted by atomic mass is 9.96. The minimum Gasteiger partial charge on any atom is -0.508 e. The van der Waals surface area contributed by atoms with E-state index in [0.717, 1.165) is 5.69 Å². The zero-order valence-electron chi connectivity index (χ0n) is 12.2. The van der Waals surface area contributed by atoms with Crippen LogP contribution in [0.1, 0.15) is 18.6 Å². The monoisotopic (exact) mass is 289 g/mol. The van der Waals surface area contributed by atoms with Crippen LogP contribution in [0, 0.1) is 11.7 Å². The van der Waals surface area contributed by atoms with Crippen molar-refractivity contribution in [2.24, 2.45) is 5.92 Å². The van der Waals surface area contributed by atoms with Crippen LogP contribution >= 0.6 is 0 Å². The molecule has 2 aromatic carbocycles. The third-order valence-electron chi connectivity index (χ3n) is 3.62. The maximum atomic E-state index is 13.7. The Labute approximate surface area is 124 Å². The highest BCUT2D eigenvalue weighted by Crippen LogP contribution is 2.26. The molecular formula is C17H20FNO2. The topological polar surface area (TPSA) is 43.7 Å². The molecule has 0 aliphatic heterocycles. The van der Waals surface area contributed by atoms with Gasteiger partial charge in [-0.2, -0.15) is 0 Å². The van der Waals surface area contributed by atoms with Crippen LogP contribution in [-0.4, -0.2) is 23.8 Å². The number of nitrogens with zero attached hydrogens (tertiary/aromatic N) is 1. The number of halogens is 1. The molecule has 3 nitrogen and oxygen atoms in total. The first-order valence-corrected chi connectivity index (χ1v) is 6.91. The number of phenolic OH excluding ortho intramolecular Hbond substituents is 1. The van der Waals surface area contributed by atoms with Gasteiger partial charge in [-0.25, -0.2) is 4.39 Å². The van der Waals surface area contributed by atoms with Crippen molar-refractivity contribution in [2.75, 3.05) is 18.5 Å². The van der Waals surface area contributed by atoms with Crippen LogP contribution in [0.4, 0.5) is 10.1 Å². The molecule has 2 N–H and O–H groups in total. The van der Waals surface area contributed by atoms with E-state index < -0.39 is 6.10 Å². The third kappa shape index (κ3) is 3.73. The number of phenols is 1. The van der Waals surface area contributed by atoms with Gasteiger partial charge in [0.2, 0.25) is 0 Å². The molecule has 2 rings (SSSR count). The van der Waals surface area contributed by atoms with Gasteiger partial charge in [0.15, 0.2) is 0 Å². The van der Waals surface area contributed by atoms with Crippen LogP contribution in [0.25, 0.3) is 0 Å². The molecule has 0 saturated carbocycles. The second kappa shape index (κ2) is 6.59. The van der Waals surface area contributed by atoms with Crippen molar-refractivity contribution in [3.63, 3.8) is 0 Å². The largest absolute Gasteiger partial charge is 0.508 e. The van der Waals surface area contributed by atoms with E-state index >= 15 is 0 Å². The van der Waals surface area contributed by atoms with Crippen molar-refractivity contribution in [1.82, 2.24) is 0 Å². The Morgan fingerprint density at radius 3 is 2.33 bits per heavy atom. The summed E-state index contributed by atoms with van der Waals surface area (Å²) in [4.78, 5) is 1.97. The van der Waals surface area contributed by atoms with E-state index in [9.17, 15) is 14.6 Å². The number of rotatable bonds is 5. The standard InChI is InChI=1S/C17H20FNO2/c1-12(17(21)15-5-3-4-6-16(15)18)11-19(2)13-7-9-14(20)10-8-13/h3-10,12,17,20-21H,11H2,1-2H3. The molecule has 2 aromatic rings. The van der Waals surface area contributed by atoms with Gasteiger partial charge < -0.3 is 15.1 Å². The van der Waals surface area contributed by atoms with E-state index in [-0.39, 0.29) is 17.5 Å². The summed E-state index contributed by atoms with van der Waals surface area (Å²) in [6.07, 6.45) is -0.856. The highest BCUT2D eigenvalue weighted by atomic mass is 19.1. The van der Waals surface area contributed by atoms with E-state index in [1.54, 1.807) is 42.5 Å². The van der Waals surface area contributed by atoms with E-state index in [2.05, 4.69) is 0 Å². The van der Waals surface area contributed by atoms with Crippen molar-refractivity contribution >= 4 is 5.69 Å². The zero-order valence-corrected chi connectivity index (χ0v) is 12.2. The van der Waals surface area contributed by atoms with Gasteiger partial charge in [0, 0.05) is 30.8 Å². The lowest BCUT2D eigenvalue weighted by molar-refractivity contribution is 0.117. The molecule has 4 heteroatoms. The molecule has 2 atom stereocenters. The summed E-state index contributed by atoms with van der Waals surface area (Å²) < 4.78 is 13.7. The maximum Gasteiger partial charge on any atom is 0.129 e. The summed E-state index contributed by atoms with van der Waals surface area (Å²) in [5.74, 6) is -0.309. The van der Waals surface area contributed by atoms with E-state index in [4.69, 9.17) is 0 Å². The Balaban J connectivity index is 2.05. The molecule has 21 heavy (non-hydrogen) atoms. The third-order valence-corrected chi connectivity index (χ3v) is 3.62. The normalized spacial score (nSPS) is 13.7. The zero-order chi connectivity index (χ0) is 15.4. The van der Waals surface area contributed by atoms with Gasteiger partial charge in [0.25, 0.3) is 0 Å². The highest BCUT2D eigenvalue weighted by Gasteiger charge is 2.20. The van der Waals surface area contributed by atoms with Gasteiger partial charge in [-0.15, -0.1) is 0 Å². The van der Waals surface area contributed by atoms with Crippen molar-refractivity contribution in [1.29, 1.82) is 0 Å². The van der Waals surface area contributed by atoms with Gasteiger partial charge in [0.05, 0.1) is 6.10 Å². The van der Waals surface area contributed by atoms with Gasteiger partial charge in [0.1, 0.15) is 11.6 Å². The summed E-state index contributed by atoms with van der Waals surface area (Å²) >= 11 is 0. The number of aromatic hydroxyl groups is 1. The molecule has 0 spiro atoms. The molecule has 0 radical (unpaired) electrons. The number of hydrogen-bond acceptors (Lipinski definition) is 3. The molecule has 0 aliphatic rings. The number of aliphatic hydroxyl groups is 1. The predicted octanol–water partition coefficient (Wildman–Crippen LogP) is 3.34. The van der Waals surface area contributed by atoms with Crippen LogP contribution < -0.4 is 4.90 Å². The SMILES string of the molecule is CC(CN(C)c1ccc(O)cc1)C(O)c1ccccc1F. The van der Waals surface area contributed by atoms with Gasteiger partial charge in [-0.05, 0) is 30.3 Å². The number of benzene rings is 2. The van der Waals surface area contributed by atoms with E-state index in [1.807, 2.05) is 18.9 Å². The Morgan fingerprint density at radius 1 is 1.10 bits per heavy atom. The van der Waals surface area contributed by atoms with Crippen LogP contribution in [0.3, 0.4) is 0 Å². The second-order valence-electron chi connectivity index (χ2n) is 5.34. The molecule has 0 heterocycles. The molecule has 0 aromatic heterocycles. The second-order valence-corrected chi connectivity index (χ2v) is 5.34. The lowest BCUT2D eigenvalue weighted by Crippen LogP contribution is -2.27. The summed E-state index contributed by atoms with van der Waals surface area (Å²) in [6, 6.07) is 13.1. The smallest absolute Gasteiger partial charge is 0.129 e. The molecule has 0 saturated heterocycles. The fourth-order valence-corrected chi connectivity index (χ4v) is 2.37. The Hall–Kier alpha value is -2.07. The molecule has 112 valence electrons. The minimum atomic E-state index is -0.856. The van der Waals surface area contributed by atoms with E-state index in [1.165, 1.54) is 6.07 Å². The number of hydrogen-bond donors (Lipinski definition) is 2. The molecule has 0 fully saturated rings. The van der Waals surface area contributed by atoms with Gasteiger partial charge in [-0.1, -0.05) is 25.1 Å². The van der Waals surface area contributed by atoms with Crippen LogP contribution in [-0.2, 0) is 0 Å². The highest BCUT2D eigenvalue weighted by molar-refractivity contribution is 5.48. The Kier molecular flexibility index (Phi) is 4.81. The van der Waals surface area contributed by atoms with Crippen molar-refractivity contribution in [3.8, 4) is 5.75 Å². The van der Waals surface area contributed by atoms with Gasteiger partial charge in [-0.3, -0.25) is 0 Å².